The molecular formula is C10H17NO3. The number of oxazole rings is 1. The second-order valence-electron chi connectivity index (χ2n) is 3.17. The first-order chi connectivity index (χ1) is 6.86. The van der Waals surface area contributed by atoms with Crippen LogP contribution < -0.4 is 4.74 Å². The van der Waals surface area contributed by atoms with Gasteiger partial charge in [0, 0.05) is 0 Å². The number of ether oxygens (including phenoxy) is 1. The van der Waals surface area contributed by atoms with Crippen molar-refractivity contribution in [3.8, 4) is 6.08 Å². The lowest BCUT2D eigenvalue weighted by Gasteiger charge is -1.99. The fourth-order valence-corrected chi connectivity index (χ4v) is 1.12. The van der Waals surface area contributed by atoms with Crippen LogP contribution in [0.2, 0.25) is 0 Å². The Balaban J connectivity index is 2.12. The van der Waals surface area contributed by atoms with Crippen molar-refractivity contribution in [1.82, 2.24) is 4.98 Å². The van der Waals surface area contributed by atoms with Gasteiger partial charge < -0.3 is 14.3 Å². The standard InChI is InChI=1S/C10H17NO3/c1-2-3-4-5-6-13-10-11-9(7-12)8-14-10/h8,12H,2-7H2,1H3. The second kappa shape index (κ2) is 6.43. The summed E-state index contributed by atoms with van der Waals surface area (Å²) in [6.07, 6.45) is 6.30. The molecular weight excluding hydrogens is 182 g/mol. The Bertz CT molecular complexity index is 247. The number of rotatable bonds is 7. The van der Waals surface area contributed by atoms with E-state index in [-0.39, 0.29) is 12.7 Å². The van der Waals surface area contributed by atoms with E-state index in [9.17, 15) is 0 Å². The summed E-state index contributed by atoms with van der Waals surface area (Å²) in [5.41, 5.74) is 0.508. The fraction of sp³-hybridized carbons (Fsp3) is 0.700. The molecule has 0 fully saturated rings. The molecule has 1 aromatic rings. The minimum Gasteiger partial charge on any atom is -0.450 e. The molecule has 1 rings (SSSR count). The molecule has 0 radical (unpaired) electrons. The van der Waals surface area contributed by atoms with E-state index in [4.69, 9.17) is 14.3 Å². The molecule has 0 bridgehead atoms. The molecule has 80 valence electrons. The number of unbranched alkanes of at least 4 members (excludes halogenated alkanes) is 3. The Morgan fingerprint density at radius 3 is 2.93 bits per heavy atom. The van der Waals surface area contributed by atoms with Gasteiger partial charge in [0.15, 0.2) is 0 Å². The molecule has 0 aliphatic heterocycles. The zero-order valence-corrected chi connectivity index (χ0v) is 8.53. The highest BCUT2D eigenvalue weighted by Gasteiger charge is 2.02. The molecule has 0 spiro atoms. The summed E-state index contributed by atoms with van der Waals surface area (Å²) >= 11 is 0. The van der Waals surface area contributed by atoms with Gasteiger partial charge in [0.2, 0.25) is 0 Å². The molecule has 0 aromatic carbocycles. The largest absolute Gasteiger partial charge is 0.450 e. The quantitative estimate of drug-likeness (QED) is 0.683. The average molecular weight is 199 g/mol. The van der Waals surface area contributed by atoms with E-state index in [0.29, 0.717) is 12.3 Å². The number of hydrogen-bond acceptors (Lipinski definition) is 4. The summed E-state index contributed by atoms with van der Waals surface area (Å²) in [5, 5.41) is 8.71. The van der Waals surface area contributed by atoms with Crippen LogP contribution in [0.3, 0.4) is 0 Å². The van der Waals surface area contributed by atoms with Crippen LogP contribution in [0.4, 0.5) is 0 Å². The summed E-state index contributed by atoms with van der Waals surface area (Å²) in [6.45, 7) is 2.69. The lowest BCUT2D eigenvalue weighted by atomic mass is 10.2. The zero-order valence-electron chi connectivity index (χ0n) is 8.53. The molecule has 0 saturated heterocycles. The normalized spacial score (nSPS) is 10.4. The first-order valence-electron chi connectivity index (χ1n) is 5.05. The molecule has 0 aliphatic carbocycles. The lowest BCUT2D eigenvalue weighted by molar-refractivity contribution is 0.224. The number of nitrogens with zero attached hydrogens (tertiary/aromatic N) is 1. The molecule has 14 heavy (non-hydrogen) atoms. The molecule has 1 aromatic heterocycles. The molecule has 0 amide bonds. The van der Waals surface area contributed by atoms with Gasteiger partial charge in [-0.1, -0.05) is 26.2 Å². The van der Waals surface area contributed by atoms with Crippen molar-refractivity contribution >= 4 is 0 Å². The SMILES string of the molecule is CCCCCCOc1nc(CO)co1. The van der Waals surface area contributed by atoms with Gasteiger partial charge in [0.1, 0.15) is 12.0 Å². The molecule has 4 nitrogen and oxygen atoms in total. The monoisotopic (exact) mass is 199 g/mol. The minimum absolute atomic E-state index is 0.108. The predicted molar refractivity (Wildman–Crippen MR) is 52.1 cm³/mol. The first-order valence-corrected chi connectivity index (χ1v) is 5.05. The first kappa shape index (κ1) is 11.0. The molecule has 0 unspecified atom stereocenters. The fourth-order valence-electron chi connectivity index (χ4n) is 1.12. The minimum atomic E-state index is -0.108. The van der Waals surface area contributed by atoms with Gasteiger partial charge >= 0.3 is 6.08 Å². The van der Waals surface area contributed by atoms with E-state index < -0.39 is 0 Å². The van der Waals surface area contributed by atoms with E-state index in [1.165, 1.54) is 25.5 Å². The van der Waals surface area contributed by atoms with Crippen LogP contribution in [-0.2, 0) is 6.61 Å². The Labute approximate surface area is 83.9 Å². The Morgan fingerprint density at radius 1 is 1.43 bits per heavy atom. The van der Waals surface area contributed by atoms with Gasteiger partial charge in [-0.3, -0.25) is 0 Å². The van der Waals surface area contributed by atoms with Crippen molar-refractivity contribution in [2.24, 2.45) is 0 Å². The van der Waals surface area contributed by atoms with Gasteiger partial charge in [-0.05, 0) is 6.42 Å². The van der Waals surface area contributed by atoms with Crippen LogP contribution in [0.5, 0.6) is 6.08 Å². The molecule has 1 N–H and O–H groups in total. The van der Waals surface area contributed by atoms with Crippen LogP contribution in [0.15, 0.2) is 10.7 Å². The molecule has 0 aliphatic rings. The van der Waals surface area contributed by atoms with Crippen LogP contribution in [-0.4, -0.2) is 16.7 Å². The van der Waals surface area contributed by atoms with Crippen molar-refractivity contribution in [1.29, 1.82) is 0 Å². The van der Waals surface area contributed by atoms with Crippen molar-refractivity contribution in [2.75, 3.05) is 6.61 Å². The zero-order chi connectivity index (χ0) is 10.2. The highest BCUT2D eigenvalue weighted by molar-refractivity contribution is 4.97. The maximum Gasteiger partial charge on any atom is 0.393 e. The number of aromatic nitrogens is 1. The van der Waals surface area contributed by atoms with Gasteiger partial charge in [0.25, 0.3) is 0 Å². The van der Waals surface area contributed by atoms with Crippen molar-refractivity contribution < 1.29 is 14.3 Å². The lowest BCUT2D eigenvalue weighted by Crippen LogP contribution is -1.97. The smallest absolute Gasteiger partial charge is 0.393 e. The number of aliphatic hydroxyl groups excluding tert-OH is 1. The molecule has 4 heteroatoms. The summed E-state index contributed by atoms with van der Waals surface area (Å²) in [5.74, 6) is 0. The molecule has 0 saturated carbocycles. The van der Waals surface area contributed by atoms with Gasteiger partial charge in [0.05, 0.1) is 13.2 Å². The third kappa shape index (κ3) is 3.79. The van der Waals surface area contributed by atoms with E-state index in [1.807, 2.05) is 0 Å². The van der Waals surface area contributed by atoms with Crippen molar-refractivity contribution in [3.63, 3.8) is 0 Å². The summed E-state index contributed by atoms with van der Waals surface area (Å²) < 4.78 is 10.2. The van der Waals surface area contributed by atoms with E-state index >= 15 is 0 Å². The van der Waals surface area contributed by atoms with Gasteiger partial charge in [-0.2, -0.15) is 4.98 Å². The van der Waals surface area contributed by atoms with Gasteiger partial charge in [-0.25, -0.2) is 0 Å². The van der Waals surface area contributed by atoms with Crippen molar-refractivity contribution in [3.05, 3.63) is 12.0 Å². The van der Waals surface area contributed by atoms with Crippen LogP contribution >= 0.6 is 0 Å². The number of hydrogen-bond donors (Lipinski definition) is 1. The Morgan fingerprint density at radius 2 is 2.29 bits per heavy atom. The highest BCUT2D eigenvalue weighted by Crippen LogP contribution is 2.10. The van der Waals surface area contributed by atoms with Crippen LogP contribution in [0.25, 0.3) is 0 Å². The van der Waals surface area contributed by atoms with E-state index in [0.717, 1.165) is 6.42 Å². The number of aliphatic hydroxyl groups is 1. The third-order valence-corrected chi connectivity index (χ3v) is 1.92. The predicted octanol–water partition coefficient (Wildman–Crippen LogP) is 2.13. The Kier molecular flexibility index (Phi) is 5.07. The van der Waals surface area contributed by atoms with Crippen LogP contribution in [0.1, 0.15) is 38.3 Å². The average Bonchev–Trinajstić information content (AvgIpc) is 2.65. The summed E-state index contributed by atoms with van der Waals surface area (Å²) in [7, 11) is 0. The Hall–Kier alpha value is -1.03. The third-order valence-electron chi connectivity index (χ3n) is 1.92. The molecule has 0 atom stereocenters. The highest BCUT2D eigenvalue weighted by atomic mass is 16.6. The van der Waals surface area contributed by atoms with Crippen LogP contribution in [0, 0.1) is 0 Å². The topological polar surface area (TPSA) is 55.5 Å². The van der Waals surface area contributed by atoms with E-state index in [1.54, 1.807) is 0 Å². The summed E-state index contributed by atoms with van der Waals surface area (Å²) in [4.78, 5) is 3.91. The summed E-state index contributed by atoms with van der Waals surface area (Å²) in [6, 6.07) is 0. The maximum absolute atomic E-state index is 8.71. The molecule has 1 heterocycles. The van der Waals surface area contributed by atoms with Crippen molar-refractivity contribution in [2.45, 2.75) is 39.2 Å². The maximum atomic E-state index is 8.71. The van der Waals surface area contributed by atoms with Gasteiger partial charge in [-0.15, -0.1) is 0 Å². The second-order valence-corrected chi connectivity index (χ2v) is 3.17. The van der Waals surface area contributed by atoms with E-state index in [2.05, 4.69) is 11.9 Å².